The Bertz CT molecular complexity index is 1270. The number of carbonyl (C=O) groups is 3. The van der Waals surface area contributed by atoms with Crippen LogP contribution in [0.3, 0.4) is 0 Å². The zero-order chi connectivity index (χ0) is 24.2. The van der Waals surface area contributed by atoms with E-state index in [2.05, 4.69) is 21.2 Å². The summed E-state index contributed by atoms with van der Waals surface area (Å²) in [4.78, 5) is 38.9. The van der Waals surface area contributed by atoms with E-state index in [-0.39, 0.29) is 5.57 Å². The van der Waals surface area contributed by atoms with Crippen LogP contribution in [-0.4, -0.2) is 17.8 Å². The van der Waals surface area contributed by atoms with Gasteiger partial charge in [0, 0.05) is 0 Å². The number of nitrogens with zero attached hydrogens (tertiary/aromatic N) is 1. The number of hydrogen-bond donors (Lipinski definition) is 1. The first-order valence-corrected chi connectivity index (χ1v) is 11.7. The minimum atomic E-state index is -0.791. The maximum absolute atomic E-state index is 13.1. The van der Waals surface area contributed by atoms with Crippen molar-refractivity contribution in [2.75, 3.05) is 4.90 Å². The lowest BCUT2D eigenvalue weighted by molar-refractivity contribution is -0.122. The van der Waals surface area contributed by atoms with Gasteiger partial charge in [0.1, 0.15) is 12.2 Å². The van der Waals surface area contributed by atoms with Crippen LogP contribution in [-0.2, 0) is 22.6 Å². The molecule has 4 amide bonds. The summed E-state index contributed by atoms with van der Waals surface area (Å²) in [7, 11) is 0. The second-order valence-corrected chi connectivity index (χ2v) is 8.83. The van der Waals surface area contributed by atoms with E-state index in [1.807, 2.05) is 49.4 Å². The number of hydrogen-bond acceptors (Lipinski definition) is 4. The number of urea groups is 1. The Morgan fingerprint density at radius 3 is 2.35 bits per heavy atom. The molecule has 1 N–H and O–H groups in total. The highest BCUT2D eigenvalue weighted by atomic mass is 79.9. The van der Waals surface area contributed by atoms with E-state index in [0.29, 0.717) is 33.1 Å². The summed E-state index contributed by atoms with van der Waals surface area (Å²) < 4.78 is 6.41. The summed E-state index contributed by atoms with van der Waals surface area (Å²) in [6.45, 7) is 2.34. The Kier molecular flexibility index (Phi) is 7.14. The van der Waals surface area contributed by atoms with Crippen LogP contribution in [0.1, 0.15) is 23.6 Å². The largest absolute Gasteiger partial charge is 0.486 e. The topological polar surface area (TPSA) is 75.7 Å². The van der Waals surface area contributed by atoms with E-state index in [4.69, 9.17) is 16.3 Å². The van der Waals surface area contributed by atoms with E-state index >= 15 is 0 Å². The van der Waals surface area contributed by atoms with Crippen LogP contribution in [0.25, 0.3) is 6.08 Å². The maximum Gasteiger partial charge on any atom is 0.335 e. The number of benzene rings is 3. The van der Waals surface area contributed by atoms with Gasteiger partial charge in [-0.15, -0.1) is 0 Å². The summed E-state index contributed by atoms with van der Waals surface area (Å²) in [6, 6.07) is 19.2. The number of rotatable bonds is 6. The van der Waals surface area contributed by atoms with Crippen molar-refractivity contribution in [3.63, 3.8) is 0 Å². The van der Waals surface area contributed by atoms with Crippen LogP contribution in [0.4, 0.5) is 10.5 Å². The fourth-order valence-corrected chi connectivity index (χ4v) is 4.46. The number of halogens is 2. The second-order valence-electron chi connectivity index (χ2n) is 7.57. The Hall–Kier alpha value is -3.42. The number of anilines is 1. The third-order valence-corrected chi connectivity index (χ3v) is 6.13. The van der Waals surface area contributed by atoms with Crippen LogP contribution in [0.5, 0.6) is 5.75 Å². The quantitative estimate of drug-likeness (QED) is 0.312. The molecule has 1 fully saturated rings. The highest BCUT2D eigenvalue weighted by Gasteiger charge is 2.36. The fourth-order valence-electron chi connectivity index (χ4n) is 3.47. The number of carbonyl (C=O) groups excluding carboxylic acids is 3. The van der Waals surface area contributed by atoms with Crippen LogP contribution in [0.2, 0.25) is 5.02 Å². The number of imide groups is 2. The fraction of sp³-hybridized carbons (Fsp3) is 0.115. The molecule has 0 saturated carbocycles. The smallest absolute Gasteiger partial charge is 0.335 e. The normalized spacial score (nSPS) is 15.0. The van der Waals surface area contributed by atoms with Gasteiger partial charge in [0.15, 0.2) is 5.75 Å². The van der Waals surface area contributed by atoms with Gasteiger partial charge in [-0.05, 0) is 69.4 Å². The summed E-state index contributed by atoms with van der Waals surface area (Å²) in [6.07, 6.45) is 2.22. The van der Waals surface area contributed by atoms with Crippen LogP contribution in [0.15, 0.2) is 76.8 Å². The summed E-state index contributed by atoms with van der Waals surface area (Å²) in [5.74, 6) is -1.04. The molecule has 0 spiro atoms. The number of aryl methyl sites for hydroxylation is 1. The van der Waals surface area contributed by atoms with Crippen molar-refractivity contribution in [3.8, 4) is 5.75 Å². The third-order valence-electron chi connectivity index (χ3n) is 5.26. The maximum atomic E-state index is 13.1. The van der Waals surface area contributed by atoms with Gasteiger partial charge < -0.3 is 4.74 Å². The molecular weight excluding hydrogens is 520 g/mol. The van der Waals surface area contributed by atoms with Crippen molar-refractivity contribution >= 4 is 57.1 Å². The zero-order valence-corrected chi connectivity index (χ0v) is 20.5. The molecule has 1 aliphatic rings. The first kappa shape index (κ1) is 23.7. The highest BCUT2D eigenvalue weighted by molar-refractivity contribution is 9.10. The van der Waals surface area contributed by atoms with Gasteiger partial charge in [-0.2, -0.15) is 0 Å². The molecule has 0 aromatic heterocycles. The van der Waals surface area contributed by atoms with Gasteiger partial charge in [-0.3, -0.25) is 14.9 Å². The van der Waals surface area contributed by atoms with Gasteiger partial charge in [0.25, 0.3) is 11.8 Å². The van der Waals surface area contributed by atoms with Gasteiger partial charge in [0.05, 0.1) is 15.2 Å². The molecule has 0 bridgehead atoms. The molecule has 0 aliphatic carbocycles. The number of amides is 4. The molecule has 34 heavy (non-hydrogen) atoms. The molecule has 3 aromatic rings. The lowest BCUT2D eigenvalue weighted by atomic mass is 10.1. The minimum absolute atomic E-state index is 0.180. The Morgan fingerprint density at radius 1 is 1.00 bits per heavy atom. The molecule has 6 nitrogen and oxygen atoms in total. The average molecular weight is 540 g/mol. The molecule has 4 rings (SSSR count). The predicted molar refractivity (Wildman–Crippen MR) is 135 cm³/mol. The average Bonchev–Trinajstić information content (AvgIpc) is 2.82. The van der Waals surface area contributed by atoms with Gasteiger partial charge in [-0.1, -0.05) is 61.0 Å². The Balaban J connectivity index is 1.60. The van der Waals surface area contributed by atoms with Crippen molar-refractivity contribution < 1.29 is 19.1 Å². The van der Waals surface area contributed by atoms with E-state index in [0.717, 1.165) is 22.4 Å². The van der Waals surface area contributed by atoms with Crippen molar-refractivity contribution in [3.05, 3.63) is 98.5 Å². The van der Waals surface area contributed by atoms with Crippen molar-refractivity contribution in [1.82, 2.24) is 5.32 Å². The first-order valence-electron chi connectivity index (χ1n) is 10.5. The van der Waals surface area contributed by atoms with E-state index in [1.54, 1.807) is 24.3 Å². The molecule has 172 valence electrons. The van der Waals surface area contributed by atoms with Crippen LogP contribution >= 0.6 is 27.5 Å². The van der Waals surface area contributed by atoms with E-state index in [1.165, 1.54) is 6.08 Å². The molecule has 8 heteroatoms. The predicted octanol–water partition coefficient (Wildman–Crippen LogP) is 5.91. The molecule has 0 radical (unpaired) electrons. The van der Waals surface area contributed by atoms with Crippen LogP contribution in [0, 0.1) is 0 Å². The molecule has 1 saturated heterocycles. The third kappa shape index (κ3) is 5.05. The van der Waals surface area contributed by atoms with Crippen molar-refractivity contribution in [2.24, 2.45) is 0 Å². The van der Waals surface area contributed by atoms with Crippen LogP contribution < -0.4 is 15.0 Å². The second kappa shape index (κ2) is 10.2. The number of barbiturate groups is 1. The van der Waals surface area contributed by atoms with E-state index in [9.17, 15) is 14.4 Å². The molecule has 3 aromatic carbocycles. The lowest BCUT2D eigenvalue weighted by Gasteiger charge is -2.26. The molecule has 1 aliphatic heterocycles. The van der Waals surface area contributed by atoms with Crippen molar-refractivity contribution in [1.29, 1.82) is 0 Å². The first-order chi connectivity index (χ1) is 16.4. The molecular formula is C26H20BrClN2O4. The SMILES string of the molecule is CCc1ccc(N2C(=O)NC(=O)/C(=C/c3cc(Cl)c(OCc4ccccc4)c(Br)c3)C2=O)cc1. The minimum Gasteiger partial charge on any atom is -0.486 e. The monoisotopic (exact) mass is 538 g/mol. The Labute approximate surface area is 210 Å². The number of ether oxygens (including phenoxy) is 1. The lowest BCUT2D eigenvalue weighted by Crippen LogP contribution is -2.54. The molecule has 0 atom stereocenters. The molecule has 1 heterocycles. The number of nitrogens with one attached hydrogen (secondary N) is 1. The zero-order valence-electron chi connectivity index (χ0n) is 18.2. The van der Waals surface area contributed by atoms with E-state index < -0.39 is 17.8 Å². The summed E-state index contributed by atoms with van der Waals surface area (Å²) in [5.41, 5.74) is 2.74. The van der Waals surface area contributed by atoms with Gasteiger partial charge >= 0.3 is 6.03 Å². The highest BCUT2D eigenvalue weighted by Crippen LogP contribution is 2.36. The summed E-state index contributed by atoms with van der Waals surface area (Å²) >= 11 is 9.88. The van der Waals surface area contributed by atoms with Gasteiger partial charge in [0.2, 0.25) is 0 Å². The molecule has 0 unspecified atom stereocenters. The standard InChI is InChI=1S/C26H20BrClN2O4/c1-2-16-8-10-19(11-9-16)30-25(32)20(24(31)29-26(30)33)12-18-13-21(27)23(22(28)14-18)34-15-17-6-4-3-5-7-17/h3-14H,2,15H2,1H3,(H,29,31,33)/b20-12-. The van der Waals surface area contributed by atoms with Crippen molar-refractivity contribution in [2.45, 2.75) is 20.0 Å². The summed E-state index contributed by atoms with van der Waals surface area (Å²) in [5, 5.41) is 2.54. The van der Waals surface area contributed by atoms with Gasteiger partial charge in [-0.25, -0.2) is 9.69 Å². The Morgan fingerprint density at radius 2 is 1.71 bits per heavy atom.